The number of hydrogen-bond donors (Lipinski definition) is 1. The fourth-order valence-corrected chi connectivity index (χ4v) is 3.40. The van der Waals surface area contributed by atoms with Crippen molar-refractivity contribution in [1.82, 2.24) is 10.2 Å². The Morgan fingerprint density at radius 2 is 2.08 bits per heavy atom. The summed E-state index contributed by atoms with van der Waals surface area (Å²) in [5.41, 5.74) is 1.12. The van der Waals surface area contributed by atoms with Crippen LogP contribution >= 0.6 is 11.3 Å². The molecule has 2 heterocycles. The van der Waals surface area contributed by atoms with Crippen molar-refractivity contribution >= 4 is 17.4 Å². The highest BCUT2D eigenvalue weighted by Crippen LogP contribution is 2.30. The Labute approximate surface area is 146 Å². The summed E-state index contributed by atoms with van der Waals surface area (Å²) in [5, 5.41) is 5.00. The molecule has 1 aliphatic rings. The molecule has 128 valence electrons. The maximum Gasteiger partial charge on any atom is 0.317 e. The van der Waals surface area contributed by atoms with Gasteiger partial charge in [0.05, 0.1) is 6.04 Å². The van der Waals surface area contributed by atoms with Crippen LogP contribution in [0.4, 0.5) is 4.79 Å². The molecule has 5 nitrogen and oxygen atoms in total. The summed E-state index contributed by atoms with van der Waals surface area (Å²) in [4.78, 5) is 15.2. The van der Waals surface area contributed by atoms with Gasteiger partial charge in [0.15, 0.2) is 11.5 Å². The highest BCUT2D eigenvalue weighted by atomic mass is 32.1. The molecule has 1 aliphatic heterocycles. The van der Waals surface area contributed by atoms with Crippen molar-refractivity contribution in [2.45, 2.75) is 19.4 Å². The van der Waals surface area contributed by atoms with E-state index in [4.69, 9.17) is 9.47 Å². The van der Waals surface area contributed by atoms with Crippen molar-refractivity contribution < 1.29 is 14.3 Å². The van der Waals surface area contributed by atoms with E-state index in [2.05, 4.69) is 5.32 Å². The lowest BCUT2D eigenvalue weighted by molar-refractivity contribution is 0.171. The predicted molar refractivity (Wildman–Crippen MR) is 95.0 cm³/mol. The zero-order valence-electron chi connectivity index (χ0n) is 14.0. The Bertz CT molecular complexity index is 688. The molecule has 6 heteroatoms. The van der Waals surface area contributed by atoms with Gasteiger partial charge in [0.2, 0.25) is 0 Å². The van der Waals surface area contributed by atoms with Crippen molar-refractivity contribution in [3.8, 4) is 11.5 Å². The van der Waals surface area contributed by atoms with Crippen LogP contribution in [0.3, 0.4) is 0 Å². The van der Waals surface area contributed by atoms with Gasteiger partial charge < -0.3 is 19.7 Å². The normalized spacial score (nSPS) is 14.1. The third-order valence-electron chi connectivity index (χ3n) is 4.15. The van der Waals surface area contributed by atoms with Crippen molar-refractivity contribution in [2.24, 2.45) is 0 Å². The van der Waals surface area contributed by atoms with Crippen LogP contribution in [0.25, 0.3) is 0 Å². The molecule has 0 saturated heterocycles. The molecule has 1 N–H and O–H groups in total. The minimum Gasteiger partial charge on any atom is -0.486 e. The van der Waals surface area contributed by atoms with E-state index in [-0.39, 0.29) is 12.1 Å². The van der Waals surface area contributed by atoms with E-state index in [1.54, 1.807) is 16.2 Å². The molecular formula is C18H22N2O3S. The summed E-state index contributed by atoms with van der Waals surface area (Å²) in [6.45, 7) is 3.79. The Hall–Kier alpha value is -2.21. The summed E-state index contributed by atoms with van der Waals surface area (Å²) in [7, 11) is 1.82. The topological polar surface area (TPSA) is 50.8 Å². The van der Waals surface area contributed by atoms with Crippen LogP contribution in [0.1, 0.15) is 23.4 Å². The number of carbonyl (C=O) groups is 1. The summed E-state index contributed by atoms with van der Waals surface area (Å²) in [5.74, 6) is 1.58. The number of nitrogens with zero attached hydrogens (tertiary/aromatic N) is 1. The van der Waals surface area contributed by atoms with Crippen molar-refractivity contribution in [2.75, 3.05) is 26.8 Å². The van der Waals surface area contributed by atoms with Crippen molar-refractivity contribution in [3.63, 3.8) is 0 Å². The molecule has 1 aromatic heterocycles. The third kappa shape index (κ3) is 3.82. The molecule has 0 fully saturated rings. The lowest BCUT2D eigenvalue weighted by Gasteiger charge is -2.24. The predicted octanol–water partition coefficient (Wildman–Crippen LogP) is 3.46. The third-order valence-corrected chi connectivity index (χ3v) is 5.20. The molecular weight excluding hydrogens is 324 g/mol. The number of hydrogen-bond acceptors (Lipinski definition) is 4. The first-order valence-electron chi connectivity index (χ1n) is 8.08. The number of ether oxygens (including phenoxy) is 2. The summed E-state index contributed by atoms with van der Waals surface area (Å²) in [6.07, 6.45) is 0.754. The molecule has 0 saturated carbocycles. The Morgan fingerprint density at radius 3 is 2.83 bits per heavy atom. The highest BCUT2D eigenvalue weighted by molar-refractivity contribution is 7.10. The number of carbonyl (C=O) groups excluding carboxylic acids is 1. The van der Waals surface area contributed by atoms with Crippen LogP contribution < -0.4 is 14.8 Å². The van der Waals surface area contributed by atoms with Gasteiger partial charge in [-0.15, -0.1) is 11.3 Å². The number of amides is 2. The maximum absolute atomic E-state index is 12.3. The van der Waals surface area contributed by atoms with Crippen LogP contribution in [-0.4, -0.2) is 37.7 Å². The number of urea groups is 1. The molecule has 0 spiro atoms. The van der Waals surface area contributed by atoms with E-state index in [9.17, 15) is 4.79 Å². The van der Waals surface area contributed by atoms with Crippen molar-refractivity contribution in [1.29, 1.82) is 0 Å². The van der Waals surface area contributed by atoms with Crippen LogP contribution in [0.2, 0.25) is 0 Å². The Balaban J connectivity index is 1.50. The Kier molecular flexibility index (Phi) is 5.25. The number of nitrogens with one attached hydrogen (secondary N) is 1. The standard InChI is InChI=1S/C18H22N2O3S/c1-13(17-4-3-11-24-17)20(2)18(21)19-8-7-14-5-6-15-16(12-14)23-10-9-22-15/h3-6,11-13H,7-10H2,1-2H3,(H,19,21)/t13-/m1/s1. The van der Waals surface area contributed by atoms with E-state index in [0.29, 0.717) is 19.8 Å². The largest absolute Gasteiger partial charge is 0.486 e. The highest BCUT2D eigenvalue weighted by Gasteiger charge is 2.17. The number of benzene rings is 1. The van der Waals surface area contributed by atoms with Gasteiger partial charge in [0.1, 0.15) is 13.2 Å². The first-order chi connectivity index (χ1) is 11.6. The van der Waals surface area contributed by atoms with E-state index in [1.807, 2.05) is 49.7 Å². The second-order valence-corrected chi connectivity index (χ2v) is 6.74. The summed E-state index contributed by atoms with van der Waals surface area (Å²) in [6, 6.07) is 9.98. The smallest absolute Gasteiger partial charge is 0.317 e. The van der Waals surface area contributed by atoms with E-state index in [0.717, 1.165) is 23.5 Å². The minimum absolute atomic E-state index is 0.0616. The molecule has 0 unspecified atom stereocenters. The average molecular weight is 346 g/mol. The lowest BCUT2D eigenvalue weighted by Crippen LogP contribution is -2.39. The zero-order valence-corrected chi connectivity index (χ0v) is 14.8. The molecule has 24 heavy (non-hydrogen) atoms. The minimum atomic E-state index is -0.0616. The fourth-order valence-electron chi connectivity index (χ4n) is 2.58. The second-order valence-electron chi connectivity index (χ2n) is 5.76. The quantitative estimate of drug-likeness (QED) is 0.902. The van der Waals surface area contributed by atoms with Gasteiger partial charge in [-0.1, -0.05) is 12.1 Å². The SMILES string of the molecule is C[C@H](c1cccs1)N(C)C(=O)NCCc1ccc2c(c1)OCCO2. The van der Waals surface area contributed by atoms with Gasteiger partial charge in [0.25, 0.3) is 0 Å². The lowest BCUT2D eigenvalue weighted by atomic mass is 10.1. The average Bonchev–Trinajstić information content (AvgIpc) is 3.15. The van der Waals surface area contributed by atoms with Gasteiger partial charge in [-0.25, -0.2) is 4.79 Å². The van der Waals surface area contributed by atoms with E-state index in [1.165, 1.54) is 4.88 Å². The molecule has 3 rings (SSSR count). The number of rotatable bonds is 5. The monoisotopic (exact) mass is 346 g/mol. The van der Waals surface area contributed by atoms with Crippen LogP contribution in [0.15, 0.2) is 35.7 Å². The second kappa shape index (κ2) is 7.57. The first kappa shape index (κ1) is 16.6. The summed E-state index contributed by atoms with van der Waals surface area (Å²) >= 11 is 1.66. The van der Waals surface area contributed by atoms with Gasteiger partial charge in [-0.3, -0.25) is 0 Å². The van der Waals surface area contributed by atoms with Crippen LogP contribution in [0, 0.1) is 0 Å². The molecule has 0 aliphatic carbocycles. The van der Waals surface area contributed by atoms with Crippen molar-refractivity contribution in [3.05, 3.63) is 46.2 Å². The van der Waals surface area contributed by atoms with Crippen LogP contribution in [-0.2, 0) is 6.42 Å². The van der Waals surface area contributed by atoms with Gasteiger partial charge >= 0.3 is 6.03 Å². The van der Waals surface area contributed by atoms with Gasteiger partial charge in [-0.2, -0.15) is 0 Å². The zero-order chi connectivity index (χ0) is 16.9. The van der Waals surface area contributed by atoms with E-state index >= 15 is 0 Å². The molecule has 1 aromatic carbocycles. The van der Waals surface area contributed by atoms with Gasteiger partial charge in [-0.05, 0) is 42.5 Å². The van der Waals surface area contributed by atoms with Gasteiger partial charge in [0, 0.05) is 18.5 Å². The fraction of sp³-hybridized carbons (Fsp3) is 0.389. The first-order valence-corrected chi connectivity index (χ1v) is 8.95. The summed E-state index contributed by atoms with van der Waals surface area (Å²) < 4.78 is 11.1. The molecule has 0 bridgehead atoms. The molecule has 0 radical (unpaired) electrons. The maximum atomic E-state index is 12.3. The van der Waals surface area contributed by atoms with Crippen LogP contribution in [0.5, 0.6) is 11.5 Å². The number of fused-ring (bicyclic) bond motifs is 1. The van der Waals surface area contributed by atoms with E-state index < -0.39 is 0 Å². The Morgan fingerprint density at radius 1 is 1.29 bits per heavy atom. The molecule has 2 amide bonds. The molecule has 2 aromatic rings. The molecule has 1 atom stereocenters. The number of thiophene rings is 1.